The van der Waals surface area contributed by atoms with Gasteiger partial charge in [0.05, 0.1) is 5.60 Å². The van der Waals surface area contributed by atoms with Crippen LogP contribution >= 0.6 is 0 Å². The molecular formula is C9H18O3. The van der Waals surface area contributed by atoms with Gasteiger partial charge in [-0.05, 0) is 33.6 Å². The molecule has 1 N–H and O–H groups in total. The van der Waals surface area contributed by atoms with E-state index in [0.29, 0.717) is 6.61 Å². The molecule has 2 atom stereocenters. The Hall–Kier alpha value is -0.120. The minimum Gasteiger partial charge on any atom is -0.388 e. The number of aliphatic hydroxyl groups excluding tert-OH is 1. The van der Waals surface area contributed by atoms with E-state index in [2.05, 4.69) is 0 Å². The fraction of sp³-hybridized carbons (Fsp3) is 1.00. The second kappa shape index (κ2) is 3.73. The van der Waals surface area contributed by atoms with Crippen LogP contribution in [0.2, 0.25) is 0 Å². The second-order valence-electron chi connectivity index (χ2n) is 4.18. The molecule has 72 valence electrons. The SMILES string of the molecule is CC(C)(C)OC1OCCCC1O. The highest BCUT2D eigenvalue weighted by Crippen LogP contribution is 2.20. The predicted molar refractivity (Wildman–Crippen MR) is 45.8 cm³/mol. The minimum atomic E-state index is -0.460. The first-order chi connectivity index (χ1) is 5.49. The van der Waals surface area contributed by atoms with Crippen LogP contribution < -0.4 is 0 Å². The quantitative estimate of drug-likeness (QED) is 0.651. The van der Waals surface area contributed by atoms with Crippen LogP contribution in [0.3, 0.4) is 0 Å². The highest BCUT2D eigenvalue weighted by atomic mass is 16.7. The summed E-state index contributed by atoms with van der Waals surface area (Å²) in [6, 6.07) is 0. The third-order valence-electron chi connectivity index (χ3n) is 1.71. The lowest BCUT2D eigenvalue weighted by atomic mass is 10.1. The zero-order valence-corrected chi connectivity index (χ0v) is 8.04. The summed E-state index contributed by atoms with van der Waals surface area (Å²) in [4.78, 5) is 0. The van der Waals surface area contributed by atoms with Gasteiger partial charge in [-0.2, -0.15) is 0 Å². The molecule has 3 heteroatoms. The summed E-state index contributed by atoms with van der Waals surface area (Å²) in [5.41, 5.74) is -0.247. The second-order valence-corrected chi connectivity index (χ2v) is 4.18. The average Bonchev–Trinajstić information content (AvgIpc) is 1.91. The molecule has 1 rings (SSSR count). The maximum Gasteiger partial charge on any atom is 0.183 e. The van der Waals surface area contributed by atoms with Crippen molar-refractivity contribution in [3.63, 3.8) is 0 Å². The third kappa shape index (κ3) is 3.09. The molecule has 0 bridgehead atoms. The maximum absolute atomic E-state index is 9.48. The predicted octanol–water partition coefficient (Wildman–Crippen LogP) is 1.30. The van der Waals surface area contributed by atoms with E-state index >= 15 is 0 Å². The van der Waals surface area contributed by atoms with Gasteiger partial charge >= 0.3 is 0 Å². The van der Waals surface area contributed by atoms with Crippen LogP contribution in [0.5, 0.6) is 0 Å². The largest absolute Gasteiger partial charge is 0.388 e. The monoisotopic (exact) mass is 174 g/mol. The number of hydrogen-bond acceptors (Lipinski definition) is 3. The van der Waals surface area contributed by atoms with Crippen molar-refractivity contribution in [3.8, 4) is 0 Å². The van der Waals surface area contributed by atoms with Gasteiger partial charge in [0.1, 0.15) is 6.10 Å². The van der Waals surface area contributed by atoms with Crippen LogP contribution in [-0.2, 0) is 9.47 Å². The molecule has 0 aromatic rings. The van der Waals surface area contributed by atoms with Crippen molar-refractivity contribution < 1.29 is 14.6 Å². The van der Waals surface area contributed by atoms with Gasteiger partial charge in [-0.25, -0.2) is 0 Å². The van der Waals surface area contributed by atoms with Gasteiger partial charge in [0.15, 0.2) is 6.29 Å². The fourth-order valence-electron chi connectivity index (χ4n) is 1.20. The van der Waals surface area contributed by atoms with Crippen molar-refractivity contribution in [3.05, 3.63) is 0 Å². The van der Waals surface area contributed by atoms with Crippen molar-refractivity contribution in [2.24, 2.45) is 0 Å². The van der Waals surface area contributed by atoms with Gasteiger partial charge in [-0.1, -0.05) is 0 Å². The maximum atomic E-state index is 9.48. The van der Waals surface area contributed by atoms with E-state index in [1.165, 1.54) is 0 Å². The number of ether oxygens (including phenoxy) is 2. The molecule has 0 aromatic carbocycles. The molecule has 1 aliphatic heterocycles. The molecule has 1 heterocycles. The molecule has 1 saturated heterocycles. The molecule has 12 heavy (non-hydrogen) atoms. The first-order valence-electron chi connectivity index (χ1n) is 4.46. The number of rotatable bonds is 1. The summed E-state index contributed by atoms with van der Waals surface area (Å²) in [5, 5.41) is 9.48. The van der Waals surface area contributed by atoms with E-state index in [1.807, 2.05) is 20.8 Å². The van der Waals surface area contributed by atoms with Gasteiger partial charge in [0.25, 0.3) is 0 Å². The molecule has 0 aliphatic carbocycles. The zero-order valence-electron chi connectivity index (χ0n) is 8.04. The van der Waals surface area contributed by atoms with Crippen molar-refractivity contribution in [1.29, 1.82) is 0 Å². The Bertz CT molecular complexity index is 139. The summed E-state index contributed by atoms with van der Waals surface area (Å²) < 4.78 is 10.8. The van der Waals surface area contributed by atoms with Gasteiger partial charge < -0.3 is 14.6 Å². The Morgan fingerprint density at radius 3 is 2.58 bits per heavy atom. The molecule has 0 spiro atoms. The van der Waals surface area contributed by atoms with Gasteiger partial charge in [0.2, 0.25) is 0 Å². The Kier molecular flexibility index (Phi) is 3.09. The summed E-state index contributed by atoms with van der Waals surface area (Å²) in [5.74, 6) is 0. The molecule has 1 fully saturated rings. The van der Waals surface area contributed by atoms with E-state index in [-0.39, 0.29) is 5.60 Å². The number of aliphatic hydroxyl groups is 1. The Morgan fingerprint density at radius 1 is 1.42 bits per heavy atom. The van der Waals surface area contributed by atoms with E-state index in [1.54, 1.807) is 0 Å². The van der Waals surface area contributed by atoms with Crippen LogP contribution in [0.1, 0.15) is 33.6 Å². The van der Waals surface area contributed by atoms with E-state index in [0.717, 1.165) is 12.8 Å². The van der Waals surface area contributed by atoms with E-state index < -0.39 is 12.4 Å². The molecule has 3 nitrogen and oxygen atoms in total. The van der Waals surface area contributed by atoms with Crippen molar-refractivity contribution in [2.75, 3.05) is 6.61 Å². The Balaban J connectivity index is 2.39. The Labute approximate surface area is 73.7 Å². The summed E-state index contributed by atoms with van der Waals surface area (Å²) in [6.45, 7) is 6.56. The molecule has 0 saturated carbocycles. The lowest BCUT2D eigenvalue weighted by molar-refractivity contribution is -0.251. The van der Waals surface area contributed by atoms with E-state index in [9.17, 15) is 5.11 Å². The van der Waals surface area contributed by atoms with Crippen LogP contribution in [0, 0.1) is 0 Å². The van der Waals surface area contributed by atoms with Crippen LogP contribution in [0.15, 0.2) is 0 Å². The lowest BCUT2D eigenvalue weighted by Gasteiger charge is -2.33. The van der Waals surface area contributed by atoms with Crippen LogP contribution in [-0.4, -0.2) is 29.7 Å². The van der Waals surface area contributed by atoms with Crippen LogP contribution in [0.4, 0.5) is 0 Å². The fourth-order valence-corrected chi connectivity index (χ4v) is 1.20. The first kappa shape index (κ1) is 9.96. The molecular weight excluding hydrogens is 156 g/mol. The smallest absolute Gasteiger partial charge is 0.183 e. The van der Waals surface area contributed by atoms with Gasteiger partial charge in [0, 0.05) is 6.61 Å². The third-order valence-corrected chi connectivity index (χ3v) is 1.71. The van der Waals surface area contributed by atoms with Crippen molar-refractivity contribution >= 4 is 0 Å². The van der Waals surface area contributed by atoms with Crippen LogP contribution in [0.25, 0.3) is 0 Å². The van der Waals surface area contributed by atoms with E-state index in [4.69, 9.17) is 9.47 Å². The topological polar surface area (TPSA) is 38.7 Å². The summed E-state index contributed by atoms with van der Waals surface area (Å²) in [7, 11) is 0. The number of hydrogen-bond donors (Lipinski definition) is 1. The molecule has 0 radical (unpaired) electrons. The highest BCUT2D eigenvalue weighted by Gasteiger charge is 2.28. The molecule has 1 aliphatic rings. The lowest BCUT2D eigenvalue weighted by Crippen LogP contribution is -2.41. The highest BCUT2D eigenvalue weighted by molar-refractivity contribution is 4.70. The average molecular weight is 174 g/mol. The standard InChI is InChI=1S/C9H18O3/c1-9(2,3)12-8-7(10)5-4-6-11-8/h7-8,10H,4-6H2,1-3H3. The Morgan fingerprint density at radius 2 is 2.08 bits per heavy atom. The minimum absolute atomic E-state index is 0.247. The zero-order chi connectivity index (χ0) is 9.19. The van der Waals surface area contributed by atoms with Gasteiger partial charge in [-0.15, -0.1) is 0 Å². The molecule has 0 amide bonds. The van der Waals surface area contributed by atoms with Crippen molar-refractivity contribution in [2.45, 2.75) is 51.6 Å². The first-order valence-corrected chi connectivity index (χ1v) is 4.46. The molecule has 0 aromatic heterocycles. The van der Waals surface area contributed by atoms with Gasteiger partial charge in [-0.3, -0.25) is 0 Å². The summed E-state index contributed by atoms with van der Waals surface area (Å²) in [6.07, 6.45) is 0.808. The normalized spacial score (nSPS) is 32.0. The molecule has 2 unspecified atom stereocenters. The summed E-state index contributed by atoms with van der Waals surface area (Å²) >= 11 is 0. The van der Waals surface area contributed by atoms with Crippen molar-refractivity contribution in [1.82, 2.24) is 0 Å².